The van der Waals surface area contributed by atoms with Crippen LogP contribution in [-0.2, 0) is 17.6 Å². The lowest BCUT2D eigenvalue weighted by molar-refractivity contribution is 0.198. The minimum atomic E-state index is 1.00. The summed E-state index contributed by atoms with van der Waals surface area (Å²) in [6.45, 7) is 6.55. The van der Waals surface area contributed by atoms with Gasteiger partial charge in [0.2, 0.25) is 0 Å². The first-order chi connectivity index (χ1) is 21.0. The first kappa shape index (κ1) is 31.7. The van der Waals surface area contributed by atoms with E-state index >= 15 is 0 Å². The Morgan fingerprint density at radius 2 is 0.907 bits per heavy atom. The van der Waals surface area contributed by atoms with Crippen LogP contribution in [0.5, 0.6) is 0 Å². The third-order valence-corrected chi connectivity index (χ3v) is 18.6. The maximum atomic E-state index is 4.94. The van der Waals surface area contributed by atoms with Gasteiger partial charge in [0.25, 0.3) is 0 Å². The van der Waals surface area contributed by atoms with E-state index in [-0.39, 0.29) is 0 Å². The molecular formula is C32H30Br2OS8. The lowest BCUT2D eigenvalue weighted by atomic mass is 10.2. The molecule has 1 nitrogen and oxygen atoms in total. The van der Waals surface area contributed by atoms with Crippen LogP contribution < -0.4 is 0 Å². The first-order valence-corrected chi connectivity index (χ1v) is 22.8. The molecule has 1 fully saturated rings. The summed E-state index contributed by atoms with van der Waals surface area (Å²) in [5.41, 5.74) is 0. The van der Waals surface area contributed by atoms with Gasteiger partial charge in [-0.3, -0.25) is 0 Å². The minimum absolute atomic E-state index is 1.00. The van der Waals surface area contributed by atoms with Crippen LogP contribution in [0.2, 0.25) is 0 Å². The first-order valence-electron chi connectivity index (χ1n) is 14.7. The van der Waals surface area contributed by atoms with Gasteiger partial charge in [-0.1, -0.05) is 26.7 Å². The Labute approximate surface area is 300 Å². The lowest BCUT2D eigenvalue weighted by Crippen LogP contribution is -1.76. The second kappa shape index (κ2) is 14.1. The summed E-state index contributed by atoms with van der Waals surface area (Å²) in [6, 6.07) is 9.42. The Balaban J connectivity index is 0.000000124. The molecule has 1 saturated heterocycles. The van der Waals surface area contributed by atoms with Crippen molar-refractivity contribution in [2.24, 2.45) is 0 Å². The molecule has 0 spiro atoms. The zero-order chi connectivity index (χ0) is 29.5. The zero-order valence-corrected chi connectivity index (χ0v) is 33.5. The fourth-order valence-electron chi connectivity index (χ4n) is 5.20. The summed E-state index contributed by atoms with van der Waals surface area (Å²) >= 11 is 22.7. The molecule has 9 rings (SSSR count). The molecule has 43 heavy (non-hydrogen) atoms. The number of thiophene rings is 8. The van der Waals surface area contributed by atoms with Gasteiger partial charge in [0, 0.05) is 44.5 Å². The zero-order valence-electron chi connectivity index (χ0n) is 23.8. The summed E-state index contributed by atoms with van der Waals surface area (Å²) in [7, 11) is 0. The monoisotopic (exact) mass is 844 g/mol. The molecule has 0 amide bonds. The Morgan fingerprint density at radius 1 is 0.535 bits per heavy atom. The topological polar surface area (TPSA) is 9.23 Å². The number of rotatable bonds is 6. The number of aryl methyl sites for hydroxylation is 2. The van der Waals surface area contributed by atoms with Crippen LogP contribution >= 0.6 is 123 Å². The average molecular weight is 847 g/mol. The maximum absolute atomic E-state index is 4.94. The van der Waals surface area contributed by atoms with Gasteiger partial charge in [-0.05, 0) is 94.7 Å². The molecule has 226 valence electrons. The van der Waals surface area contributed by atoms with E-state index in [2.05, 4.69) is 70.0 Å². The highest BCUT2D eigenvalue weighted by Crippen LogP contribution is 2.51. The second-order valence-corrected chi connectivity index (χ2v) is 22.8. The molecule has 1 aliphatic heterocycles. The highest BCUT2D eigenvalue weighted by atomic mass is 79.9. The highest BCUT2D eigenvalue weighted by Gasteiger charge is 2.17. The van der Waals surface area contributed by atoms with Crippen LogP contribution in [0.1, 0.15) is 62.1 Å². The molecule has 8 aromatic rings. The Kier molecular flexibility index (Phi) is 10.4. The molecule has 1 aliphatic rings. The molecule has 0 aliphatic carbocycles. The van der Waals surface area contributed by atoms with Gasteiger partial charge in [0.15, 0.2) is 0 Å². The van der Waals surface area contributed by atoms with Crippen molar-refractivity contribution in [2.75, 3.05) is 13.2 Å². The van der Waals surface area contributed by atoms with Crippen molar-refractivity contribution in [1.82, 2.24) is 0 Å². The quantitative estimate of drug-likeness (QED) is 0.162. The number of halogens is 2. The Bertz CT molecular complexity index is 1980. The Hall–Kier alpha value is 0.0800. The van der Waals surface area contributed by atoms with E-state index in [1.807, 2.05) is 90.7 Å². The molecular weight excluding hydrogens is 817 g/mol. The third kappa shape index (κ3) is 6.62. The number of ether oxygens (including phenoxy) is 1. The second-order valence-electron chi connectivity index (χ2n) is 10.6. The highest BCUT2D eigenvalue weighted by molar-refractivity contribution is 9.11. The predicted octanol–water partition coefficient (Wildman–Crippen LogP) is 15.8. The molecule has 9 heterocycles. The molecule has 8 aromatic heterocycles. The van der Waals surface area contributed by atoms with Crippen LogP contribution in [0.4, 0.5) is 0 Å². The summed E-state index contributed by atoms with van der Waals surface area (Å²) < 4.78 is 19.3. The summed E-state index contributed by atoms with van der Waals surface area (Å²) in [4.78, 5) is 3.15. The van der Waals surface area contributed by atoms with Crippen LogP contribution in [0.3, 0.4) is 0 Å². The van der Waals surface area contributed by atoms with Crippen molar-refractivity contribution in [1.29, 1.82) is 0 Å². The Morgan fingerprint density at radius 3 is 1.26 bits per heavy atom. The van der Waals surface area contributed by atoms with Crippen LogP contribution in [0.15, 0.2) is 31.8 Å². The number of fused-ring (bicyclic) bond motifs is 10. The van der Waals surface area contributed by atoms with Crippen molar-refractivity contribution in [3.05, 3.63) is 41.6 Å². The van der Waals surface area contributed by atoms with E-state index in [4.69, 9.17) is 4.74 Å². The van der Waals surface area contributed by atoms with Gasteiger partial charge in [0.05, 0.1) is 42.4 Å². The van der Waals surface area contributed by atoms with E-state index in [1.165, 1.54) is 106 Å². The molecule has 0 radical (unpaired) electrons. The van der Waals surface area contributed by atoms with Crippen molar-refractivity contribution >= 4 is 179 Å². The van der Waals surface area contributed by atoms with Gasteiger partial charge in [-0.25, -0.2) is 0 Å². The molecule has 11 heteroatoms. The molecule has 0 N–H and O–H groups in total. The maximum Gasteiger partial charge on any atom is 0.0898 e. The van der Waals surface area contributed by atoms with Crippen molar-refractivity contribution in [3.8, 4) is 0 Å². The fourth-order valence-corrected chi connectivity index (χ4v) is 18.0. The van der Waals surface area contributed by atoms with Gasteiger partial charge < -0.3 is 4.74 Å². The smallest absolute Gasteiger partial charge is 0.0898 e. The van der Waals surface area contributed by atoms with Gasteiger partial charge in [-0.15, -0.1) is 90.7 Å². The average Bonchev–Trinajstić information content (AvgIpc) is 3.80. The number of hydrogen-bond acceptors (Lipinski definition) is 9. The van der Waals surface area contributed by atoms with Crippen LogP contribution in [0, 0.1) is 0 Å². The van der Waals surface area contributed by atoms with E-state index in [0.717, 1.165) is 13.2 Å². The largest absolute Gasteiger partial charge is 0.381 e. The molecule has 0 unspecified atom stereocenters. The summed E-state index contributed by atoms with van der Waals surface area (Å²) in [5, 5.41) is 5.89. The van der Waals surface area contributed by atoms with Gasteiger partial charge in [0.1, 0.15) is 0 Å². The lowest BCUT2D eigenvalue weighted by Gasteiger charge is -1.92. The van der Waals surface area contributed by atoms with Crippen molar-refractivity contribution in [3.63, 3.8) is 0 Å². The number of hydrogen-bond donors (Lipinski definition) is 0. The van der Waals surface area contributed by atoms with E-state index in [9.17, 15) is 0 Å². The van der Waals surface area contributed by atoms with E-state index in [1.54, 1.807) is 19.2 Å². The molecule has 0 aromatic carbocycles. The van der Waals surface area contributed by atoms with Gasteiger partial charge >= 0.3 is 0 Å². The molecule has 0 atom stereocenters. The van der Waals surface area contributed by atoms with Crippen LogP contribution in [-0.4, -0.2) is 13.2 Å². The molecule has 0 bridgehead atoms. The normalized spacial score (nSPS) is 13.7. The minimum Gasteiger partial charge on any atom is -0.381 e. The van der Waals surface area contributed by atoms with Gasteiger partial charge in [-0.2, -0.15) is 0 Å². The SMILES string of the molecule is Brc1cc2c(s1)sc1c3cc(Br)sc3sc21.C1CCOC1.CCCCc1cc2c(s1)sc1c3cc(CCCC)sc3sc21. The van der Waals surface area contributed by atoms with E-state index < -0.39 is 0 Å². The van der Waals surface area contributed by atoms with Crippen LogP contribution in [0.25, 0.3) is 56.4 Å². The number of unbranched alkanes of at least 4 members (excludes halogenated alkanes) is 2. The fraction of sp³-hybridized carbons (Fsp3) is 0.375. The van der Waals surface area contributed by atoms with Crippen molar-refractivity contribution < 1.29 is 4.74 Å². The predicted molar refractivity (Wildman–Crippen MR) is 214 cm³/mol. The van der Waals surface area contributed by atoms with E-state index in [0.29, 0.717) is 0 Å². The summed E-state index contributed by atoms with van der Waals surface area (Å²) in [5.74, 6) is 0. The van der Waals surface area contributed by atoms with Crippen molar-refractivity contribution in [2.45, 2.75) is 65.2 Å². The standard InChI is InChI=1S/C18H20S4.C10H2Br2S4.C4H8O/c1-3-5-7-11-9-13-15-16(21-17(13)19-11)14-10-12(8-6-4-2)20-18(14)22-15;11-5-1-3-7-8(16-9(3)13-5)4-2-6(12)14-10(4)15-7;1-2-4-5-3-1/h9-10H,3-8H2,1-2H3;1-2H;1-4H2. The summed E-state index contributed by atoms with van der Waals surface area (Å²) in [6.07, 6.45) is 10.3. The molecule has 0 saturated carbocycles. The third-order valence-electron chi connectivity index (χ3n) is 7.38.